The van der Waals surface area contributed by atoms with Gasteiger partial charge in [-0.3, -0.25) is 0 Å². The third-order valence-corrected chi connectivity index (χ3v) is 2.89. The van der Waals surface area contributed by atoms with Crippen LogP contribution in [-0.2, 0) is 6.42 Å². The van der Waals surface area contributed by atoms with E-state index in [0.717, 1.165) is 12.1 Å². The molecule has 1 aromatic heterocycles. The molecule has 3 heteroatoms. The van der Waals surface area contributed by atoms with Crippen LogP contribution in [0.5, 0.6) is 0 Å². The first-order valence-corrected chi connectivity index (χ1v) is 6.04. The molecule has 0 unspecified atom stereocenters. The first-order chi connectivity index (χ1) is 8.20. The lowest BCUT2D eigenvalue weighted by Crippen LogP contribution is -2.01. The van der Waals surface area contributed by atoms with Gasteiger partial charge in [-0.2, -0.15) is 5.10 Å². The Morgan fingerprint density at radius 1 is 1.24 bits per heavy atom. The van der Waals surface area contributed by atoms with Gasteiger partial charge in [-0.15, -0.1) is 0 Å². The van der Waals surface area contributed by atoms with E-state index >= 15 is 0 Å². The van der Waals surface area contributed by atoms with Crippen molar-refractivity contribution in [2.24, 2.45) is 5.73 Å². The Hall–Kier alpha value is -1.61. The molecule has 0 atom stereocenters. The molecule has 1 heterocycles. The number of hydrogen-bond acceptors (Lipinski definition) is 2. The number of aromatic nitrogens is 2. The fourth-order valence-electron chi connectivity index (χ4n) is 1.81. The molecule has 0 bridgehead atoms. The van der Waals surface area contributed by atoms with E-state index in [0.29, 0.717) is 12.5 Å². The zero-order valence-electron chi connectivity index (χ0n) is 10.4. The van der Waals surface area contributed by atoms with Crippen LogP contribution in [0.25, 0.3) is 5.69 Å². The summed E-state index contributed by atoms with van der Waals surface area (Å²) in [4.78, 5) is 0. The molecule has 2 rings (SSSR count). The molecular weight excluding hydrogens is 210 g/mol. The Labute approximate surface area is 102 Å². The van der Waals surface area contributed by atoms with E-state index in [2.05, 4.69) is 43.2 Å². The molecule has 0 spiro atoms. The van der Waals surface area contributed by atoms with Crippen LogP contribution in [0.3, 0.4) is 0 Å². The first-order valence-electron chi connectivity index (χ1n) is 6.04. The summed E-state index contributed by atoms with van der Waals surface area (Å²) in [6, 6.07) is 8.53. The van der Waals surface area contributed by atoms with Crippen LogP contribution in [0.4, 0.5) is 0 Å². The van der Waals surface area contributed by atoms with Gasteiger partial charge in [-0.25, -0.2) is 4.68 Å². The molecule has 17 heavy (non-hydrogen) atoms. The maximum atomic E-state index is 5.52. The van der Waals surface area contributed by atoms with Gasteiger partial charge in [0.15, 0.2) is 0 Å². The lowest BCUT2D eigenvalue weighted by atomic mass is 10.0. The van der Waals surface area contributed by atoms with Gasteiger partial charge in [0.1, 0.15) is 0 Å². The van der Waals surface area contributed by atoms with E-state index in [1.165, 1.54) is 11.1 Å². The van der Waals surface area contributed by atoms with Crippen molar-refractivity contribution in [1.29, 1.82) is 0 Å². The number of nitrogens with zero attached hydrogens (tertiary/aromatic N) is 2. The highest BCUT2D eigenvalue weighted by Gasteiger charge is 2.02. The maximum absolute atomic E-state index is 5.52. The van der Waals surface area contributed by atoms with E-state index in [1.54, 1.807) is 0 Å². The Morgan fingerprint density at radius 2 is 1.94 bits per heavy atom. The predicted octanol–water partition coefficient (Wildman–Crippen LogP) is 2.50. The standard InChI is InChI=1S/C14H19N3/c1-11(2)13-3-5-14(6-4-13)17-10-12(7-8-15)9-16-17/h3-6,9-11H,7-8,15H2,1-2H3. The van der Waals surface area contributed by atoms with Crippen molar-refractivity contribution in [2.45, 2.75) is 26.2 Å². The number of hydrogen-bond donors (Lipinski definition) is 1. The zero-order chi connectivity index (χ0) is 12.3. The molecule has 0 amide bonds. The Morgan fingerprint density at radius 3 is 2.53 bits per heavy atom. The SMILES string of the molecule is CC(C)c1ccc(-n2cc(CCN)cn2)cc1. The Bertz CT molecular complexity index is 468. The second-order valence-electron chi connectivity index (χ2n) is 4.58. The first kappa shape index (κ1) is 11.9. The third kappa shape index (κ3) is 2.74. The average Bonchev–Trinajstić information content (AvgIpc) is 2.78. The molecule has 3 nitrogen and oxygen atoms in total. The van der Waals surface area contributed by atoms with E-state index in [9.17, 15) is 0 Å². The van der Waals surface area contributed by atoms with Crippen molar-refractivity contribution < 1.29 is 0 Å². The summed E-state index contributed by atoms with van der Waals surface area (Å²) in [5, 5.41) is 4.34. The van der Waals surface area contributed by atoms with Gasteiger partial charge in [-0.05, 0) is 42.1 Å². The summed E-state index contributed by atoms with van der Waals surface area (Å²) in [6.07, 6.45) is 4.80. The summed E-state index contributed by atoms with van der Waals surface area (Å²) in [5.74, 6) is 0.564. The van der Waals surface area contributed by atoms with Crippen LogP contribution in [0.1, 0.15) is 30.9 Å². The highest BCUT2D eigenvalue weighted by molar-refractivity contribution is 5.35. The Balaban J connectivity index is 2.21. The Kier molecular flexibility index (Phi) is 3.59. The van der Waals surface area contributed by atoms with E-state index in [1.807, 2.05) is 17.1 Å². The van der Waals surface area contributed by atoms with E-state index in [-0.39, 0.29) is 0 Å². The summed E-state index contributed by atoms with van der Waals surface area (Å²) < 4.78 is 1.90. The lowest BCUT2D eigenvalue weighted by molar-refractivity contribution is 0.853. The topological polar surface area (TPSA) is 43.8 Å². The number of rotatable bonds is 4. The molecular formula is C14H19N3. The number of nitrogens with two attached hydrogens (primary N) is 1. The molecule has 0 aliphatic carbocycles. The fraction of sp³-hybridized carbons (Fsp3) is 0.357. The second kappa shape index (κ2) is 5.15. The minimum absolute atomic E-state index is 0.564. The molecule has 2 aromatic rings. The highest BCUT2D eigenvalue weighted by atomic mass is 15.3. The normalized spacial score (nSPS) is 11.1. The van der Waals surface area contributed by atoms with Crippen molar-refractivity contribution in [2.75, 3.05) is 6.54 Å². The molecule has 90 valence electrons. The van der Waals surface area contributed by atoms with Crippen LogP contribution in [0.15, 0.2) is 36.7 Å². The summed E-state index contributed by atoms with van der Waals surface area (Å²) in [6.45, 7) is 5.06. The second-order valence-corrected chi connectivity index (χ2v) is 4.58. The minimum atomic E-state index is 0.564. The van der Waals surface area contributed by atoms with Gasteiger partial charge in [-0.1, -0.05) is 26.0 Å². The van der Waals surface area contributed by atoms with Crippen molar-refractivity contribution in [3.63, 3.8) is 0 Å². The summed E-state index contributed by atoms with van der Waals surface area (Å²) >= 11 is 0. The molecule has 0 aliphatic heterocycles. The van der Waals surface area contributed by atoms with Crippen molar-refractivity contribution >= 4 is 0 Å². The quantitative estimate of drug-likeness (QED) is 0.875. The van der Waals surface area contributed by atoms with Gasteiger partial charge in [0.25, 0.3) is 0 Å². The van der Waals surface area contributed by atoms with Crippen LogP contribution < -0.4 is 5.73 Å². The molecule has 2 N–H and O–H groups in total. The van der Waals surface area contributed by atoms with E-state index < -0.39 is 0 Å². The van der Waals surface area contributed by atoms with Crippen molar-refractivity contribution in [1.82, 2.24) is 9.78 Å². The smallest absolute Gasteiger partial charge is 0.0645 e. The van der Waals surface area contributed by atoms with Crippen LogP contribution in [0.2, 0.25) is 0 Å². The largest absolute Gasteiger partial charge is 0.330 e. The third-order valence-electron chi connectivity index (χ3n) is 2.89. The van der Waals surface area contributed by atoms with Gasteiger partial charge < -0.3 is 5.73 Å². The molecule has 1 aromatic carbocycles. The van der Waals surface area contributed by atoms with Crippen molar-refractivity contribution in [3.05, 3.63) is 47.8 Å². The van der Waals surface area contributed by atoms with Crippen LogP contribution in [0, 0.1) is 0 Å². The summed E-state index contributed by atoms with van der Waals surface area (Å²) in [5.41, 5.74) is 9.15. The average molecular weight is 229 g/mol. The maximum Gasteiger partial charge on any atom is 0.0645 e. The lowest BCUT2D eigenvalue weighted by Gasteiger charge is -2.06. The molecule has 0 saturated carbocycles. The number of benzene rings is 1. The zero-order valence-corrected chi connectivity index (χ0v) is 10.4. The monoisotopic (exact) mass is 229 g/mol. The van der Waals surface area contributed by atoms with Crippen LogP contribution in [-0.4, -0.2) is 16.3 Å². The molecule has 0 radical (unpaired) electrons. The van der Waals surface area contributed by atoms with Gasteiger partial charge in [0.2, 0.25) is 0 Å². The van der Waals surface area contributed by atoms with Gasteiger partial charge in [0, 0.05) is 6.20 Å². The van der Waals surface area contributed by atoms with Crippen LogP contribution >= 0.6 is 0 Å². The summed E-state index contributed by atoms with van der Waals surface area (Å²) in [7, 11) is 0. The van der Waals surface area contributed by atoms with Crippen molar-refractivity contribution in [3.8, 4) is 5.69 Å². The van der Waals surface area contributed by atoms with E-state index in [4.69, 9.17) is 5.73 Å². The highest BCUT2D eigenvalue weighted by Crippen LogP contribution is 2.16. The minimum Gasteiger partial charge on any atom is -0.330 e. The van der Waals surface area contributed by atoms with Gasteiger partial charge >= 0.3 is 0 Å². The van der Waals surface area contributed by atoms with Gasteiger partial charge in [0.05, 0.1) is 11.9 Å². The molecule has 0 aliphatic rings. The molecule has 0 saturated heterocycles. The predicted molar refractivity (Wildman–Crippen MR) is 70.4 cm³/mol. The fourth-order valence-corrected chi connectivity index (χ4v) is 1.81. The molecule has 0 fully saturated rings.